The standard InChI is InChI=1S/C19H26F2N4O2S/c1-5-22-19(24-11-16-12(3)25-13(4)28-16)23-10-14-8-7-9-15(26-6-2)17(14)27-18(20)21/h7-9,18H,5-6,10-11H2,1-4H3,(H2,22,23,24). The third kappa shape index (κ3) is 6.33. The Hall–Kier alpha value is -2.42. The summed E-state index contributed by atoms with van der Waals surface area (Å²) in [6, 6.07) is 5.04. The molecule has 9 heteroatoms. The van der Waals surface area contributed by atoms with E-state index in [1.54, 1.807) is 36.5 Å². The van der Waals surface area contributed by atoms with Crippen molar-refractivity contribution in [1.29, 1.82) is 0 Å². The second kappa shape index (κ2) is 10.8. The number of ether oxygens (including phenoxy) is 2. The predicted molar refractivity (Wildman–Crippen MR) is 107 cm³/mol. The highest BCUT2D eigenvalue weighted by molar-refractivity contribution is 7.11. The van der Waals surface area contributed by atoms with Gasteiger partial charge in [0.25, 0.3) is 0 Å². The van der Waals surface area contributed by atoms with Crippen molar-refractivity contribution in [3.8, 4) is 11.5 Å². The molecule has 1 heterocycles. The zero-order chi connectivity index (χ0) is 20.5. The minimum atomic E-state index is -2.94. The molecule has 0 aliphatic rings. The van der Waals surface area contributed by atoms with E-state index in [0.717, 1.165) is 15.6 Å². The molecule has 0 spiro atoms. The van der Waals surface area contributed by atoms with Gasteiger partial charge in [-0.2, -0.15) is 8.78 Å². The molecular formula is C19H26F2N4O2S. The third-order valence-corrected chi connectivity index (χ3v) is 4.81. The highest BCUT2D eigenvalue weighted by Gasteiger charge is 2.15. The normalized spacial score (nSPS) is 11.6. The highest BCUT2D eigenvalue weighted by atomic mass is 32.1. The number of aromatic nitrogens is 1. The number of benzene rings is 1. The summed E-state index contributed by atoms with van der Waals surface area (Å²) in [5.41, 5.74) is 1.51. The zero-order valence-electron chi connectivity index (χ0n) is 16.5. The number of hydrogen-bond donors (Lipinski definition) is 2. The second-order valence-electron chi connectivity index (χ2n) is 5.85. The molecule has 2 N–H and O–H groups in total. The molecule has 2 aromatic rings. The monoisotopic (exact) mass is 412 g/mol. The van der Waals surface area contributed by atoms with Gasteiger partial charge in [0.05, 0.1) is 30.4 Å². The van der Waals surface area contributed by atoms with Gasteiger partial charge in [-0.25, -0.2) is 9.98 Å². The van der Waals surface area contributed by atoms with Crippen LogP contribution in [0.3, 0.4) is 0 Å². The molecule has 1 aromatic heterocycles. The first-order chi connectivity index (χ1) is 13.4. The van der Waals surface area contributed by atoms with Crippen LogP contribution in [0.4, 0.5) is 8.78 Å². The van der Waals surface area contributed by atoms with Crippen LogP contribution in [-0.4, -0.2) is 30.7 Å². The first kappa shape index (κ1) is 21.9. The molecule has 0 saturated carbocycles. The number of rotatable bonds is 9. The Labute approximate surface area is 168 Å². The van der Waals surface area contributed by atoms with E-state index in [9.17, 15) is 8.78 Å². The number of nitrogens with zero attached hydrogens (tertiary/aromatic N) is 2. The Morgan fingerprint density at radius 2 is 2.04 bits per heavy atom. The van der Waals surface area contributed by atoms with Gasteiger partial charge in [-0.3, -0.25) is 0 Å². The topological polar surface area (TPSA) is 67.8 Å². The van der Waals surface area contributed by atoms with Gasteiger partial charge in [-0.15, -0.1) is 11.3 Å². The van der Waals surface area contributed by atoms with Gasteiger partial charge >= 0.3 is 6.61 Å². The number of aliphatic imine (C=N–C) groups is 1. The quantitative estimate of drug-likeness (QED) is 0.481. The Kier molecular flexibility index (Phi) is 8.43. The van der Waals surface area contributed by atoms with Crippen molar-refractivity contribution < 1.29 is 18.3 Å². The van der Waals surface area contributed by atoms with Crippen LogP contribution in [-0.2, 0) is 13.1 Å². The molecule has 0 aliphatic carbocycles. The molecule has 0 unspecified atom stereocenters. The van der Waals surface area contributed by atoms with Crippen LogP contribution in [0.5, 0.6) is 11.5 Å². The highest BCUT2D eigenvalue weighted by Crippen LogP contribution is 2.33. The number of nitrogens with one attached hydrogen (secondary N) is 2. The molecule has 0 aliphatic heterocycles. The molecule has 1 aromatic carbocycles. The number of alkyl halides is 2. The number of guanidine groups is 1. The van der Waals surface area contributed by atoms with Crippen LogP contribution in [0.25, 0.3) is 0 Å². The Morgan fingerprint density at radius 3 is 2.64 bits per heavy atom. The smallest absolute Gasteiger partial charge is 0.387 e. The zero-order valence-corrected chi connectivity index (χ0v) is 17.3. The lowest BCUT2D eigenvalue weighted by Crippen LogP contribution is -2.36. The maximum absolute atomic E-state index is 12.8. The molecule has 0 radical (unpaired) electrons. The maximum Gasteiger partial charge on any atom is 0.387 e. The van der Waals surface area contributed by atoms with Crippen molar-refractivity contribution in [2.45, 2.75) is 47.4 Å². The summed E-state index contributed by atoms with van der Waals surface area (Å²) in [7, 11) is 0. The third-order valence-electron chi connectivity index (χ3n) is 3.73. The largest absolute Gasteiger partial charge is 0.490 e. The number of para-hydroxylation sites is 1. The van der Waals surface area contributed by atoms with Crippen molar-refractivity contribution in [1.82, 2.24) is 15.6 Å². The van der Waals surface area contributed by atoms with Crippen LogP contribution in [0, 0.1) is 13.8 Å². The minimum Gasteiger partial charge on any atom is -0.490 e. The van der Waals surface area contributed by atoms with Gasteiger partial charge in [0.1, 0.15) is 0 Å². The van der Waals surface area contributed by atoms with Crippen molar-refractivity contribution in [2.24, 2.45) is 4.99 Å². The van der Waals surface area contributed by atoms with Gasteiger partial charge in [-0.05, 0) is 33.8 Å². The molecule has 6 nitrogen and oxygen atoms in total. The Balaban J connectivity index is 2.16. The number of aryl methyl sites for hydroxylation is 2. The minimum absolute atomic E-state index is 0.0212. The van der Waals surface area contributed by atoms with E-state index >= 15 is 0 Å². The molecule has 0 atom stereocenters. The van der Waals surface area contributed by atoms with Crippen molar-refractivity contribution in [2.75, 3.05) is 13.2 Å². The summed E-state index contributed by atoms with van der Waals surface area (Å²) in [4.78, 5) is 10.0. The van der Waals surface area contributed by atoms with Gasteiger partial charge < -0.3 is 20.1 Å². The lowest BCUT2D eigenvalue weighted by molar-refractivity contribution is -0.0520. The molecule has 0 amide bonds. The van der Waals surface area contributed by atoms with E-state index in [-0.39, 0.29) is 18.0 Å². The summed E-state index contributed by atoms with van der Waals surface area (Å²) in [5.74, 6) is 0.884. The van der Waals surface area contributed by atoms with Crippen LogP contribution in [0.15, 0.2) is 23.2 Å². The average Bonchev–Trinajstić information content (AvgIpc) is 2.96. The average molecular weight is 413 g/mol. The molecule has 0 saturated heterocycles. The second-order valence-corrected chi connectivity index (χ2v) is 7.13. The fourth-order valence-electron chi connectivity index (χ4n) is 2.59. The summed E-state index contributed by atoms with van der Waals surface area (Å²) >= 11 is 1.63. The van der Waals surface area contributed by atoms with Gasteiger partial charge in [0.2, 0.25) is 0 Å². The fraction of sp³-hybridized carbons (Fsp3) is 0.474. The number of hydrogen-bond acceptors (Lipinski definition) is 5. The molecule has 28 heavy (non-hydrogen) atoms. The number of thiazole rings is 1. The van der Waals surface area contributed by atoms with Gasteiger partial charge in [0, 0.05) is 17.0 Å². The Morgan fingerprint density at radius 1 is 1.25 bits per heavy atom. The summed E-state index contributed by atoms with van der Waals surface area (Å²) < 4.78 is 35.8. The van der Waals surface area contributed by atoms with Crippen molar-refractivity contribution >= 4 is 17.3 Å². The van der Waals surface area contributed by atoms with Crippen LogP contribution >= 0.6 is 11.3 Å². The molecule has 0 bridgehead atoms. The van der Waals surface area contributed by atoms with Crippen LogP contribution in [0.1, 0.15) is 35.0 Å². The van der Waals surface area contributed by atoms with Crippen LogP contribution < -0.4 is 20.1 Å². The van der Waals surface area contributed by atoms with Crippen LogP contribution in [0.2, 0.25) is 0 Å². The summed E-state index contributed by atoms with van der Waals surface area (Å²) in [6.07, 6.45) is 0. The fourth-order valence-corrected chi connectivity index (χ4v) is 3.46. The van der Waals surface area contributed by atoms with Crippen molar-refractivity contribution in [3.63, 3.8) is 0 Å². The number of halogens is 2. The Bertz CT molecular complexity index is 796. The lowest BCUT2D eigenvalue weighted by atomic mass is 10.2. The first-order valence-electron chi connectivity index (χ1n) is 9.09. The van der Waals surface area contributed by atoms with E-state index in [4.69, 9.17) is 9.47 Å². The molecular weight excluding hydrogens is 386 g/mol. The SMILES string of the molecule is CCNC(=NCc1cccc(OCC)c1OC(F)F)NCc1sc(C)nc1C. The predicted octanol–water partition coefficient (Wildman–Crippen LogP) is 4.02. The van der Waals surface area contributed by atoms with E-state index in [1.807, 2.05) is 20.8 Å². The van der Waals surface area contributed by atoms with E-state index in [0.29, 0.717) is 31.2 Å². The lowest BCUT2D eigenvalue weighted by Gasteiger charge is -2.15. The van der Waals surface area contributed by atoms with E-state index < -0.39 is 6.61 Å². The molecule has 154 valence electrons. The molecule has 0 fully saturated rings. The van der Waals surface area contributed by atoms with Gasteiger partial charge in [-0.1, -0.05) is 12.1 Å². The summed E-state index contributed by atoms with van der Waals surface area (Å²) in [6.45, 7) is 6.52. The van der Waals surface area contributed by atoms with Crippen molar-refractivity contribution in [3.05, 3.63) is 39.3 Å². The first-order valence-corrected chi connectivity index (χ1v) is 9.90. The summed E-state index contributed by atoms with van der Waals surface area (Å²) in [5, 5.41) is 7.41. The maximum atomic E-state index is 12.8. The van der Waals surface area contributed by atoms with E-state index in [1.165, 1.54) is 0 Å². The van der Waals surface area contributed by atoms with E-state index in [2.05, 4.69) is 20.6 Å². The molecule has 2 rings (SSSR count). The van der Waals surface area contributed by atoms with Gasteiger partial charge in [0.15, 0.2) is 17.5 Å².